The van der Waals surface area contributed by atoms with E-state index >= 15 is 0 Å². The van der Waals surface area contributed by atoms with Gasteiger partial charge in [-0.2, -0.15) is 11.8 Å². The van der Waals surface area contributed by atoms with Gasteiger partial charge >= 0.3 is 0 Å². The van der Waals surface area contributed by atoms with E-state index in [4.69, 9.17) is 0 Å². The van der Waals surface area contributed by atoms with E-state index in [1.165, 1.54) is 31.9 Å². The predicted octanol–water partition coefficient (Wildman–Crippen LogP) is 1.37. The third kappa shape index (κ3) is 4.65. The van der Waals surface area contributed by atoms with E-state index in [0.717, 1.165) is 6.54 Å². The van der Waals surface area contributed by atoms with Crippen molar-refractivity contribution in [2.45, 2.75) is 37.9 Å². The van der Waals surface area contributed by atoms with Crippen LogP contribution in [0.2, 0.25) is 0 Å². The van der Waals surface area contributed by atoms with Crippen LogP contribution in [0, 0.1) is 0 Å². The number of hydrogen-bond acceptors (Lipinski definition) is 3. The number of ketones is 1. The van der Waals surface area contributed by atoms with Crippen molar-refractivity contribution in [1.29, 1.82) is 0 Å². The van der Waals surface area contributed by atoms with Crippen molar-refractivity contribution in [2.24, 2.45) is 0 Å². The molecule has 14 heavy (non-hydrogen) atoms. The van der Waals surface area contributed by atoms with Gasteiger partial charge in [-0.15, -0.1) is 0 Å². The lowest BCUT2D eigenvalue weighted by molar-refractivity contribution is -0.127. The highest BCUT2D eigenvalue weighted by Gasteiger charge is 2.14. The molecule has 0 bridgehead atoms. The molecule has 0 aromatic rings. The van der Waals surface area contributed by atoms with Crippen LogP contribution in [0.5, 0.6) is 0 Å². The molecule has 1 saturated heterocycles. The minimum Gasteiger partial charge on any atom is -0.355 e. The summed E-state index contributed by atoms with van der Waals surface area (Å²) < 4.78 is 0. The van der Waals surface area contributed by atoms with E-state index in [1.807, 2.05) is 11.8 Å². The van der Waals surface area contributed by atoms with Crippen LogP contribution in [-0.4, -0.2) is 29.2 Å². The molecule has 1 aliphatic heterocycles. The average Bonchev–Trinajstić information content (AvgIpc) is 2.15. The average molecular weight is 215 g/mol. The van der Waals surface area contributed by atoms with Gasteiger partial charge in [0.15, 0.2) is 0 Å². The number of hydrogen-bond donors (Lipinski definition) is 1. The summed E-state index contributed by atoms with van der Waals surface area (Å²) in [4.78, 5) is 21.8. The van der Waals surface area contributed by atoms with E-state index in [0.29, 0.717) is 5.25 Å². The lowest BCUT2D eigenvalue weighted by Crippen LogP contribution is -2.32. The molecule has 0 radical (unpaired) electrons. The molecule has 1 fully saturated rings. The minimum absolute atomic E-state index is 0.0252. The van der Waals surface area contributed by atoms with Gasteiger partial charge in [-0.25, -0.2) is 0 Å². The minimum atomic E-state index is -0.135. The van der Waals surface area contributed by atoms with E-state index in [9.17, 15) is 9.59 Å². The Morgan fingerprint density at radius 3 is 2.79 bits per heavy atom. The normalized spacial score (nSPS) is 21.6. The van der Waals surface area contributed by atoms with E-state index in [2.05, 4.69) is 5.32 Å². The molecule has 0 saturated carbocycles. The third-order valence-electron chi connectivity index (χ3n) is 2.21. The second-order valence-corrected chi connectivity index (χ2v) is 5.08. The summed E-state index contributed by atoms with van der Waals surface area (Å²) in [5, 5.41) is 3.36. The van der Waals surface area contributed by atoms with Gasteiger partial charge in [-0.1, -0.05) is 6.42 Å². The Kier molecular flexibility index (Phi) is 5.01. The first-order valence-corrected chi connectivity index (χ1v) is 6.11. The van der Waals surface area contributed by atoms with Crippen molar-refractivity contribution in [1.82, 2.24) is 5.32 Å². The number of carbonyl (C=O) groups is 2. The molecule has 1 rings (SSSR count). The molecule has 0 aliphatic carbocycles. The number of thioether (sulfide) groups is 1. The molecule has 1 N–H and O–H groups in total. The topological polar surface area (TPSA) is 46.2 Å². The van der Waals surface area contributed by atoms with Crippen LogP contribution in [-0.2, 0) is 9.59 Å². The van der Waals surface area contributed by atoms with Gasteiger partial charge in [0.05, 0.1) is 6.42 Å². The predicted molar refractivity (Wildman–Crippen MR) is 58.4 cm³/mol. The first kappa shape index (κ1) is 11.6. The van der Waals surface area contributed by atoms with Gasteiger partial charge in [-0.05, 0) is 25.5 Å². The summed E-state index contributed by atoms with van der Waals surface area (Å²) in [7, 11) is 0. The van der Waals surface area contributed by atoms with E-state index in [1.54, 1.807) is 0 Å². The van der Waals surface area contributed by atoms with Crippen molar-refractivity contribution in [3.63, 3.8) is 0 Å². The van der Waals surface area contributed by atoms with Crippen molar-refractivity contribution in [3.05, 3.63) is 0 Å². The zero-order chi connectivity index (χ0) is 10.4. The number of Topliss-reactive ketones (excluding diaryl/α,β-unsaturated/α-hetero) is 1. The van der Waals surface area contributed by atoms with Gasteiger partial charge in [0.1, 0.15) is 5.78 Å². The van der Waals surface area contributed by atoms with Crippen LogP contribution >= 0.6 is 11.8 Å². The SMILES string of the molecule is CC(=O)CC(=O)NCC1CCCCS1. The molecule has 1 heterocycles. The standard InChI is InChI=1S/C10H17NO2S/c1-8(12)6-10(13)11-7-9-4-2-3-5-14-9/h9H,2-7H2,1H3,(H,11,13). The second kappa shape index (κ2) is 6.06. The first-order valence-electron chi connectivity index (χ1n) is 5.06. The number of amides is 1. The van der Waals surface area contributed by atoms with E-state index < -0.39 is 0 Å². The zero-order valence-corrected chi connectivity index (χ0v) is 9.36. The summed E-state index contributed by atoms with van der Waals surface area (Å²) in [6, 6.07) is 0. The summed E-state index contributed by atoms with van der Waals surface area (Å²) in [6.45, 7) is 2.16. The van der Waals surface area contributed by atoms with Crippen LogP contribution in [0.3, 0.4) is 0 Å². The molecule has 0 aromatic carbocycles. The molecule has 0 spiro atoms. The molecule has 1 aliphatic rings. The van der Waals surface area contributed by atoms with Gasteiger partial charge < -0.3 is 5.32 Å². The number of rotatable bonds is 4. The Hall–Kier alpha value is -0.510. The highest BCUT2D eigenvalue weighted by atomic mass is 32.2. The summed E-state index contributed by atoms with van der Waals surface area (Å²) >= 11 is 1.92. The molecule has 3 nitrogen and oxygen atoms in total. The Balaban J connectivity index is 2.12. The summed E-state index contributed by atoms with van der Waals surface area (Å²) in [5.74, 6) is 0.996. The quantitative estimate of drug-likeness (QED) is 0.720. The zero-order valence-electron chi connectivity index (χ0n) is 8.54. The van der Waals surface area contributed by atoms with Crippen LogP contribution < -0.4 is 5.32 Å². The van der Waals surface area contributed by atoms with Crippen molar-refractivity contribution in [3.8, 4) is 0 Å². The molecule has 80 valence electrons. The maximum atomic E-state index is 11.2. The van der Waals surface area contributed by atoms with Gasteiger partial charge in [0.25, 0.3) is 0 Å². The number of carbonyl (C=O) groups excluding carboxylic acids is 2. The molecule has 4 heteroatoms. The highest BCUT2D eigenvalue weighted by molar-refractivity contribution is 7.99. The maximum absolute atomic E-state index is 11.2. The molecule has 1 unspecified atom stereocenters. The molecular formula is C10H17NO2S. The van der Waals surface area contributed by atoms with Gasteiger partial charge in [0, 0.05) is 11.8 Å². The summed E-state index contributed by atoms with van der Waals surface area (Å²) in [5.41, 5.74) is 0. The fourth-order valence-electron chi connectivity index (χ4n) is 1.48. The molecule has 1 atom stereocenters. The summed E-state index contributed by atoms with van der Waals surface area (Å²) in [6.07, 6.45) is 3.77. The van der Waals surface area contributed by atoms with Crippen molar-refractivity contribution < 1.29 is 9.59 Å². The lowest BCUT2D eigenvalue weighted by atomic mass is 10.2. The maximum Gasteiger partial charge on any atom is 0.227 e. The third-order valence-corrected chi connectivity index (χ3v) is 3.61. The highest BCUT2D eigenvalue weighted by Crippen LogP contribution is 2.24. The fraction of sp³-hybridized carbons (Fsp3) is 0.800. The van der Waals surface area contributed by atoms with Crippen LogP contribution in [0.15, 0.2) is 0 Å². The molecular weight excluding hydrogens is 198 g/mol. The Morgan fingerprint density at radius 2 is 2.21 bits per heavy atom. The fourth-order valence-corrected chi connectivity index (χ4v) is 2.72. The molecule has 1 amide bonds. The van der Waals surface area contributed by atoms with Gasteiger partial charge in [0.2, 0.25) is 5.91 Å². The van der Waals surface area contributed by atoms with Crippen molar-refractivity contribution >= 4 is 23.5 Å². The van der Waals surface area contributed by atoms with Crippen LogP contribution in [0.25, 0.3) is 0 Å². The van der Waals surface area contributed by atoms with Crippen molar-refractivity contribution in [2.75, 3.05) is 12.3 Å². The second-order valence-electron chi connectivity index (χ2n) is 3.67. The Labute approximate surface area is 89.0 Å². The Bertz CT molecular complexity index is 212. The van der Waals surface area contributed by atoms with Crippen LogP contribution in [0.1, 0.15) is 32.6 Å². The first-order chi connectivity index (χ1) is 6.68. The van der Waals surface area contributed by atoms with Crippen LogP contribution in [0.4, 0.5) is 0 Å². The van der Waals surface area contributed by atoms with Gasteiger partial charge in [-0.3, -0.25) is 9.59 Å². The lowest BCUT2D eigenvalue weighted by Gasteiger charge is -2.21. The van der Waals surface area contributed by atoms with E-state index in [-0.39, 0.29) is 18.1 Å². The molecule has 0 aromatic heterocycles. The largest absolute Gasteiger partial charge is 0.355 e. The monoisotopic (exact) mass is 215 g/mol. The smallest absolute Gasteiger partial charge is 0.227 e. The number of nitrogens with one attached hydrogen (secondary N) is 1. The Morgan fingerprint density at radius 1 is 1.43 bits per heavy atom.